The second-order valence-electron chi connectivity index (χ2n) is 9.92. The van der Waals surface area contributed by atoms with Gasteiger partial charge in [-0.2, -0.15) is 31.4 Å². The van der Waals surface area contributed by atoms with Gasteiger partial charge in [0.2, 0.25) is 0 Å². The van der Waals surface area contributed by atoms with E-state index in [0.717, 1.165) is 16.8 Å². The van der Waals surface area contributed by atoms with Crippen LogP contribution in [0.25, 0.3) is 22.2 Å². The Kier molecular flexibility index (Phi) is 8.32. The van der Waals surface area contributed by atoms with Crippen molar-refractivity contribution in [2.24, 2.45) is 0 Å². The van der Waals surface area contributed by atoms with E-state index >= 15 is 0 Å². The zero-order chi connectivity index (χ0) is 31.9. The molecule has 0 amide bonds. The van der Waals surface area contributed by atoms with Crippen LogP contribution in [-0.4, -0.2) is 48.2 Å². The van der Waals surface area contributed by atoms with E-state index in [4.69, 9.17) is 0 Å². The number of H-pyrrole nitrogens is 1. The first-order valence-corrected chi connectivity index (χ1v) is 12.4. The molecule has 3 heterocycles. The molecule has 0 aliphatic heterocycles. The van der Waals surface area contributed by atoms with Crippen molar-refractivity contribution in [3.63, 3.8) is 0 Å². The van der Waals surface area contributed by atoms with Gasteiger partial charge in [-0.3, -0.25) is 9.59 Å². The van der Waals surface area contributed by atoms with Gasteiger partial charge < -0.3 is 15.0 Å². The van der Waals surface area contributed by atoms with Gasteiger partial charge in [-0.1, -0.05) is 0 Å². The molecule has 0 fully saturated rings. The molecule has 0 bridgehead atoms. The highest BCUT2D eigenvalue weighted by Gasteiger charge is 2.51. The SMILES string of the molecule is C[C@H](C[C@H](F)Cn1ccc2cc(-c3ncc([C@](C)(O)C(F)(F)F)cn3)c(F)cc2c1=O)Nc1cn[nH]c(=O)c1C(F)(F)F. The van der Waals surface area contributed by atoms with E-state index in [1.807, 2.05) is 0 Å². The zero-order valence-corrected chi connectivity index (χ0v) is 22.2. The summed E-state index contributed by atoms with van der Waals surface area (Å²) in [5.41, 5.74) is -8.60. The summed E-state index contributed by atoms with van der Waals surface area (Å²) in [4.78, 5) is 32.0. The third kappa shape index (κ3) is 6.50. The lowest BCUT2D eigenvalue weighted by Crippen LogP contribution is -2.39. The summed E-state index contributed by atoms with van der Waals surface area (Å²) in [5.74, 6) is -1.32. The molecule has 0 aliphatic rings. The Morgan fingerprint density at radius 2 is 1.72 bits per heavy atom. The van der Waals surface area contributed by atoms with Crippen molar-refractivity contribution in [1.29, 1.82) is 0 Å². The number of aromatic amines is 1. The summed E-state index contributed by atoms with van der Waals surface area (Å²) in [6.07, 6.45) is -8.79. The molecule has 0 radical (unpaired) electrons. The third-order valence-corrected chi connectivity index (χ3v) is 6.62. The Bertz CT molecular complexity index is 1750. The minimum atomic E-state index is -5.02. The molecule has 0 unspecified atom stereocenters. The van der Waals surface area contributed by atoms with Crippen LogP contribution in [0.2, 0.25) is 0 Å². The van der Waals surface area contributed by atoms with Gasteiger partial charge in [-0.25, -0.2) is 23.8 Å². The van der Waals surface area contributed by atoms with Crippen LogP contribution in [0, 0.1) is 5.82 Å². The van der Waals surface area contributed by atoms with Gasteiger partial charge in [0.05, 0.1) is 29.4 Å². The zero-order valence-electron chi connectivity index (χ0n) is 22.2. The Morgan fingerprint density at radius 3 is 2.33 bits per heavy atom. The first-order valence-electron chi connectivity index (χ1n) is 12.4. The fraction of sp³-hybridized carbons (Fsp3) is 0.346. The van der Waals surface area contributed by atoms with Gasteiger partial charge >= 0.3 is 12.4 Å². The van der Waals surface area contributed by atoms with Gasteiger partial charge in [0.25, 0.3) is 11.1 Å². The van der Waals surface area contributed by atoms with Crippen molar-refractivity contribution >= 4 is 16.5 Å². The van der Waals surface area contributed by atoms with E-state index in [1.165, 1.54) is 25.3 Å². The molecule has 3 N–H and O–H groups in total. The van der Waals surface area contributed by atoms with Crippen LogP contribution in [-0.2, 0) is 18.3 Å². The van der Waals surface area contributed by atoms with Crippen molar-refractivity contribution < 1.29 is 40.2 Å². The number of benzene rings is 1. The van der Waals surface area contributed by atoms with E-state index in [0.29, 0.717) is 19.3 Å². The Balaban J connectivity index is 1.52. The lowest BCUT2D eigenvalue weighted by molar-refractivity contribution is -0.259. The minimum Gasteiger partial charge on any atom is -0.381 e. The summed E-state index contributed by atoms with van der Waals surface area (Å²) in [7, 11) is 0. The number of hydrogen-bond acceptors (Lipinski definition) is 7. The second-order valence-corrected chi connectivity index (χ2v) is 9.92. The molecule has 43 heavy (non-hydrogen) atoms. The minimum absolute atomic E-state index is 0.164. The normalized spacial score (nSPS) is 15.2. The van der Waals surface area contributed by atoms with Crippen molar-refractivity contribution in [2.75, 3.05) is 5.32 Å². The first kappa shape index (κ1) is 31.5. The van der Waals surface area contributed by atoms with Crippen LogP contribution < -0.4 is 16.4 Å². The molecule has 0 aliphatic carbocycles. The van der Waals surface area contributed by atoms with E-state index in [2.05, 4.69) is 20.4 Å². The highest BCUT2D eigenvalue weighted by Crippen LogP contribution is 2.38. The third-order valence-electron chi connectivity index (χ3n) is 6.62. The lowest BCUT2D eigenvalue weighted by Gasteiger charge is -2.25. The van der Waals surface area contributed by atoms with Crippen molar-refractivity contribution in [3.8, 4) is 11.4 Å². The quantitative estimate of drug-likeness (QED) is 0.245. The molecule has 0 spiro atoms. The largest absolute Gasteiger partial charge is 0.423 e. The average Bonchev–Trinajstić information content (AvgIpc) is 2.89. The molecule has 4 rings (SSSR count). The molecule has 1 aromatic carbocycles. The van der Waals surface area contributed by atoms with Crippen LogP contribution >= 0.6 is 0 Å². The number of pyridine rings is 1. The maximum atomic E-state index is 15.0. The number of nitrogens with zero attached hydrogens (tertiary/aromatic N) is 4. The molecular formula is C26H22F8N6O3. The average molecular weight is 618 g/mol. The predicted octanol–water partition coefficient (Wildman–Crippen LogP) is 4.70. The lowest BCUT2D eigenvalue weighted by atomic mass is 9.98. The summed E-state index contributed by atoms with van der Waals surface area (Å²) in [5, 5.41) is 17.2. The van der Waals surface area contributed by atoms with Gasteiger partial charge in [0.1, 0.15) is 17.6 Å². The summed E-state index contributed by atoms with van der Waals surface area (Å²) >= 11 is 0. The molecule has 9 nitrogen and oxygen atoms in total. The Morgan fingerprint density at radius 1 is 1.07 bits per heavy atom. The molecular weight excluding hydrogens is 596 g/mol. The number of fused-ring (bicyclic) bond motifs is 1. The smallest absolute Gasteiger partial charge is 0.381 e. The molecule has 230 valence electrons. The van der Waals surface area contributed by atoms with Crippen LogP contribution in [0.5, 0.6) is 0 Å². The fourth-order valence-corrected chi connectivity index (χ4v) is 4.29. The maximum absolute atomic E-state index is 15.0. The second kappa shape index (κ2) is 11.3. The topological polar surface area (TPSA) is 126 Å². The van der Waals surface area contributed by atoms with Crippen LogP contribution in [0.15, 0.2) is 52.6 Å². The van der Waals surface area contributed by atoms with E-state index in [9.17, 15) is 49.8 Å². The van der Waals surface area contributed by atoms with Crippen molar-refractivity contribution in [2.45, 2.75) is 57.0 Å². The number of halogens is 8. The van der Waals surface area contributed by atoms with Crippen LogP contribution in [0.1, 0.15) is 31.4 Å². The summed E-state index contributed by atoms with van der Waals surface area (Å²) in [6, 6.07) is 2.44. The van der Waals surface area contributed by atoms with E-state index in [1.54, 1.807) is 5.10 Å². The number of alkyl halides is 7. The van der Waals surface area contributed by atoms with Crippen LogP contribution in [0.3, 0.4) is 0 Å². The van der Waals surface area contributed by atoms with E-state index < -0.39 is 70.5 Å². The van der Waals surface area contributed by atoms with Crippen LogP contribution in [0.4, 0.5) is 40.8 Å². The van der Waals surface area contributed by atoms with Gasteiger partial charge in [-0.15, -0.1) is 0 Å². The highest BCUT2D eigenvalue weighted by atomic mass is 19.4. The Labute approximate surface area is 236 Å². The van der Waals surface area contributed by atoms with Gasteiger partial charge in [-0.05, 0) is 37.4 Å². The molecule has 3 aromatic heterocycles. The number of nitrogens with one attached hydrogen (secondary N) is 2. The predicted molar refractivity (Wildman–Crippen MR) is 137 cm³/mol. The standard InChI is InChI=1S/C26H22F8N6O3/c1-12(38-19-10-37-39-22(41)20(19)25(29,30)31)5-15(27)11-40-4-3-13-6-17(18(28)7-16(13)23(40)42)21-35-8-14(9-36-21)24(2,43)26(32,33)34/h3-4,6-10,12,15,43H,5,11H2,1-2H3,(H2,38,39,41)/t12-,15+,24+/m1/s1. The first-order chi connectivity index (χ1) is 19.9. The summed E-state index contributed by atoms with van der Waals surface area (Å²) in [6.45, 7) is 1.35. The molecule has 3 atom stereocenters. The van der Waals surface area contributed by atoms with Gasteiger partial charge in [0.15, 0.2) is 11.4 Å². The number of rotatable bonds is 8. The van der Waals surface area contributed by atoms with Crippen molar-refractivity contribution in [3.05, 3.63) is 80.6 Å². The Hall–Kier alpha value is -4.41. The maximum Gasteiger partial charge on any atom is 0.423 e. The van der Waals surface area contributed by atoms with Gasteiger partial charge in [0, 0.05) is 36.6 Å². The number of anilines is 1. The summed E-state index contributed by atoms with van der Waals surface area (Å²) < 4.78 is 110. The number of aliphatic hydroxyl groups is 1. The molecule has 17 heteroatoms. The molecule has 0 saturated carbocycles. The number of hydrogen-bond donors (Lipinski definition) is 3. The fourth-order valence-electron chi connectivity index (χ4n) is 4.29. The monoisotopic (exact) mass is 618 g/mol. The highest BCUT2D eigenvalue weighted by molar-refractivity contribution is 5.86. The van der Waals surface area contributed by atoms with E-state index in [-0.39, 0.29) is 28.6 Å². The molecule has 0 saturated heterocycles. The molecule has 4 aromatic rings. The number of aromatic nitrogens is 5. The van der Waals surface area contributed by atoms with Crippen molar-refractivity contribution in [1.82, 2.24) is 24.7 Å².